The van der Waals surface area contributed by atoms with Crippen LogP contribution in [0.5, 0.6) is 0 Å². The Morgan fingerprint density at radius 3 is 1.71 bits per heavy atom. The van der Waals surface area contributed by atoms with Crippen molar-refractivity contribution in [2.24, 2.45) is 5.41 Å². The van der Waals surface area contributed by atoms with E-state index >= 15 is 0 Å². The van der Waals surface area contributed by atoms with Gasteiger partial charge in [-0.1, -0.05) is 73.7 Å². The van der Waals surface area contributed by atoms with Crippen molar-refractivity contribution in [3.05, 3.63) is 126 Å². The molecule has 0 radical (unpaired) electrons. The Hall–Kier alpha value is -3.79. The van der Waals surface area contributed by atoms with Gasteiger partial charge in [-0.3, -0.25) is 4.79 Å². The van der Waals surface area contributed by atoms with Crippen molar-refractivity contribution in [2.75, 3.05) is 13.2 Å². The maximum Gasteiger partial charge on any atom is 0.338 e. The van der Waals surface area contributed by atoms with Gasteiger partial charge in [0.05, 0.1) is 17.1 Å². The molecule has 0 aromatic heterocycles. The fourth-order valence-electron chi connectivity index (χ4n) is 4.65. The van der Waals surface area contributed by atoms with Gasteiger partial charge in [-0.05, 0) is 74.4 Å². The first-order chi connectivity index (χ1) is 19.8. The van der Waals surface area contributed by atoms with Crippen LogP contribution in [-0.2, 0) is 20.4 Å². The molecule has 0 spiro atoms. The van der Waals surface area contributed by atoms with Crippen LogP contribution in [0.2, 0.25) is 0 Å². The van der Waals surface area contributed by atoms with E-state index in [0.29, 0.717) is 12.0 Å². The number of ether oxygens (including phenoxy) is 2. The van der Waals surface area contributed by atoms with Crippen LogP contribution in [0.4, 0.5) is 0 Å². The van der Waals surface area contributed by atoms with Gasteiger partial charge in [0.2, 0.25) is 0 Å². The predicted molar refractivity (Wildman–Crippen MR) is 167 cm³/mol. The van der Waals surface area contributed by atoms with Gasteiger partial charge in [0.1, 0.15) is 42.5 Å². The topological polar surface area (TPSA) is 72.8 Å². The lowest BCUT2D eigenvalue weighted by molar-refractivity contribution is -0.157. The first-order valence-electron chi connectivity index (χ1n) is 13.9. The van der Waals surface area contributed by atoms with Crippen LogP contribution in [0.3, 0.4) is 0 Å². The normalized spacial score (nSPS) is 12.4. The maximum absolute atomic E-state index is 13.0. The Morgan fingerprint density at radius 1 is 0.732 bits per heavy atom. The quantitative estimate of drug-likeness (QED) is 0.176. The highest BCUT2D eigenvalue weighted by Crippen LogP contribution is 2.58. The molecule has 0 saturated carbocycles. The summed E-state index contributed by atoms with van der Waals surface area (Å²) in [5.74, 6) is -0.922. The number of benzene rings is 4. The molecule has 4 aromatic carbocycles. The molecule has 5 nitrogen and oxygen atoms in total. The van der Waals surface area contributed by atoms with Gasteiger partial charge in [0, 0.05) is 0 Å². The highest BCUT2D eigenvalue weighted by molar-refractivity contribution is 7.95. The zero-order valence-corrected chi connectivity index (χ0v) is 24.8. The minimum Gasteiger partial charge on any atom is -0.462 e. The number of aliphatic hydroxyl groups excluding tert-OH is 1. The van der Waals surface area contributed by atoms with Gasteiger partial charge < -0.3 is 14.6 Å². The van der Waals surface area contributed by atoms with Crippen LogP contribution in [-0.4, -0.2) is 36.4 Å². The van der Waals surface area contributed by atoms with Gasteiger partial charge in [0.25, 0.3) is 0 Å². The van der Waals surface area contributed by atoms with E-state index in [1.165, 1.54) is 15.9 Å². The first-order valence-corrected chi connectivity index (χ1v) is 15.9. The summed E-state index contributed by atoms with van der Waals surface area (Å²) in [5, 5.41) is 14.0. The Labute approximate surface area is 243 Å². The lowest BCUT2D eigenvalue weighted by Gasteiger charge is -2.28. The Balaban J connectivity index is 1.57. The number of hydrogen-bond acceptors (Lipinski definition) is 5. The van der Waals surface area contributed by atoms with E-state index in [4.69, 9.17) is 9.47 Å². The molecule has 1 N–H and O–H groups in total. The smallest absolute Gasteiger partial charge is 0.338 e. The molecule has 41 heavy (non-hydrogen) atoms. The number of hydrogen-bond donors (Lipinski definition) is 1. The molecule has 0 aliphatic rings. The fraction of sp³-hybridized carbons (Fsp3) is 0.257. The first kappa shape index (κ1) is 30.2. The highest BCUT2D eigenvalue weighted by Gasteiger charge is 2.45. The zero-order valence-electron chi connectivity index (χ0n) is 23.9. The van der Waals surface area contributed by atoms with E-state index < -0.39 is 24.8 Å². The van der Waals surface area contributed by atoms with Crippen LogP contribution in [0.15, 0.2) is 115 Å². The van der Waals surface area contributed by atoms with Crippen molar-refractivity contribution in [1.82, 2.24) is 0 Å². The van der Waals surface area contributed by atoms with Gasteiger partial charge in [-0.25, -0.2) is 4.79 Å². The van der Waals surface area contributed by atoms with Gasteiger partial charge in [-0.2, -0.15) is 0 Å². The third-order valence-electron chi connectivity index (χ3n) is 7.42. The average molecular weight is 570 g/mol. The Kier molecular flexibility index (Phi) is 10.1. The molecule has 1 unspecified atom stereocenters. The number of aliphatic hydroxyl groups is 1. The number of esters is 2. The summed E-state index contributed by atoms with van der Waals surface area (Å²) in [7, 11) is -2.13. The van der Waals surface area contributed by atoms with Crippen molar-refractivity contribution in [1.29, 1.82) is 0 Å². The maximum atomic E-state index is 13.0. The predicted octanol–water partition coefficient (Wildman–Crippen LogP) is 5.68. The van der Waals surface area contributed by atoms with E-state index in [9.17, 15) is 14.7 Å². The Morgan fingerprint density at radius 2 is 1.22 bits per heavy atom. The molecule has 0 fully saturated rings. The molecule has 0 bridgehead atoms. The van der Waals surface area contributed by atoms with Crippen LogP contribution < -0.4 is 15.9 Å². The molecule has 4 rings (SSSR count). The summed E-state index contributed by atoms with van der Waals surface area (Å²) >= 11 is 0. The second kappa shape index (κ2) is 13.7. The minimum atomic E-state index is -2.13. The number of carbonyl (C=O) groups excluding carboxylic acids is 2. The van der Waals surface area contributed by atoms with Crippen molar-refractivity contribution >= 4 is 35.1 Å². The lowest BCUT2D eigenvalue weighted by atomic mass is 9.91. The average Bonchev–Trinajstić information content (AvgIpc) is 3.02. The monoisotopic (exact) mass is 569 g/mol. The molecule has 0 saturated heterocycles. The van der Waals surface area contributed by atoms with Gasteiger partial charge >= 0.3 is 11.9 Å². The molecule has 4 aromatic rings. The largest absolute Gasteiger partial charge is 0.462 e. The Bertz CT molecular complexity index is 1320. The summed E-state index contributed by atoms with van der Waals surface area (Å²) in [6.07, 6.45) is 0.236. The summed E-state index contributed by atoms with van der Waals surface area (Å²) in [6, 6.07) is 39.3. The zero-order chi connectivity index (χ0) is 29.3. The third-order valence-corrected chi connectivity index (χ3v) is 11.8. The van der Waals surface area contributed by atoms with Crippen LogP contribution >= 0.6 is 7.26 Å². The highest BCUT2D eigenvalue weighted by atomic mass is 31.2. The molecule has 0 heterocycles. The second-order valence-corrected chi connectivity index (χ2v) is 14.2. The molecule has 0 amide bonds. The number of carbonyl (C=O) groups is 2. The summed E-state index contributed by atoms with van der Waals surface area (Å²) in [5.41, 5.74) is 0.792. The molecule has 1 atom stereocenters. The lowest BCUT2D eigenvalue weighted by Crippen LogP contribution is -2.32. The van der Waals surface area contributed by atoms with Crippen molar-refractivity contribution in [3.8, 4) is 0 Å². The molecular formula is C35H38O5P+. The van der Waals surface area contributed by atoms with E-state index in [-0.39, 0.29) is 19.2 Å². The summed E-state index contributed by atoms with van der Waals surface area (Å²) in [4.78, 5) is 25.2. The second-order valence-electron chi connectivity index (χ2n) is 10.8. The summed E-state index contributed by atoms with van der Waals surface area (Å²) < 4.78 is 10.6. The molecule has 6 heteroatoms. The number of rotatable bonds is 12. The van der Waals surface area contributed by atoms with E-state index in [1.807, 2.05) is 43.3 Å². The van der Waals surface area contributed by atoms with Crippen molar-refractivity contribution in [2.45, 2.75) is 39.5 Å². The van der Waals surface area contributed by atoms with Crippen LogP contribution in [0.25, 0.3) is 0 Å². The standard InChI is InChI=1S/C35H38O5P/c1-4-35(2,3)34(38)40-25-29(36)24-39-33(37)28-16-14-15-27(23-28)26-41(30-17-8-5-9-18-30,31-19-10-6-11-20-31)32-21-12-7-13-22-32/h5-23,29,36H,4,24-26H2,1-3H3/q+1. The van der Waals surface area contributed by atoms with Gasteiger partial charge in [0.15, 0.2) is 0 Å². The minimum absolute atomic E-state index is 0.228. The SMILES string of the molecule is CCC(C)(C)C(=O)OCC(O)COC(=O)c1cccc(C[P+](c2ccccc2)(c2ccccc2)c2ccccc2)c1. The van der Waals surface area contributed by atoms with E-state index in [0.717, 1.165) is 11.7 Å². The van der Waals surface area contributed by atoms with Gasteiger partial charge in [-0.15, -0.1) is 0 Å². The van der Waals surface area contributed by atoms with Crippen LogP contribution in [0, 0.1) is 5.41 Å². The van der Waals surface area contributed by atoms with E-state index in [1.54, 1.807) is 19.9 Å². The third kappa shape index (κ3) is 7.30. The van der Waals surface area contributed by atoms with Crippen molar-refractivity contribution < 1.29 is 24.2 Å². The molecule has 0 aliphatic carbocycles. The molecule has 212 valence electrons. The van der Waals surface area contributed by atoms with E-state index in [2.05, 4.69) is 72.8 Å². The summed E-state index contributed by atoms with van der Waals surface area (Å²) in [6.45, 7) is 4.99. The fourth-order valence-corrected chi connectivity index (χ4v) is 8.88. The van der Waals surface area contributed by atoms with Crippen LogP contribution in [0.1, 0.15) is 43.1 Å². The molecular weight excluding hydrogens is 531 g/mol. The molecule has 0 aliphatic heterocycles. The van der Waals surface area contributed by atoms with Crippen molar-refractivity contribution in [3.63, 3.8) is 0 Å².